The molecule has 2 aromatic carbocycles. The van der Waals surface area contributed by atoms with Gasteiger partial charge in [0, 0.05) is 5.02 Å². The highest BCUT2D eigenvalue weighted by Gasteiger charge is 2.36. The Morgan fingerprint density at radius 2 is 1.97 bits per heavy atom. The van der Waals surface area contributed by atoms with Crippen LogP contribution in [0.2, 0.25) is 5.02 Å². The number of benzene rings is 2. The lowest BCUT2D eigenvalue weighted by Crippen LogP contribution is -2.34. The van der Waals surface area contributed by atoms with E-state index in [1.54, 1.807) is 37.3 Å². The van der Waals surface area contributed by atoms with Crippen LogP contribution in [0.4, 0.5) is 4.79 Å². The molecule has 1 heterocycles. The molecule has 0 saturated carbocycles. The molecule has 0 radical (unpaired) electrons. The molecule has 0 aromatic heterocycles. The average Bonchev–Trinajstić information content (AvgIpc) is 3.03. The van der Waals surface area contributed by atoms with Gasteiger partial charge < -0.3 is 14.2 Å². The van der Waals surface area contributed by atoms with Crippen LogP contribution in [-0.2, 0) is 14.3 Å². The third kappa shape index (κ3) is 5.95. The van der Waals surface area contributed by atoms with Gasteiger partial charge in [-0.2, -0.15) is 0 Å². The largest absolute Gasteiger partial charge is 0.490 e. The normalized spacial score (nSPS) is 14.5. The maximum atomic E-state index is 12.6. The Labute approximate surface area is 206 Å². The molecule has 2 amide bonds. The number of rotatable bonds is 7. The Balaban J connectivity index is 1.89. The van der Waals surface area contributed by atoms with Gasteiger partial charge in [0.2, 0.25) is 0 Å². The monoisotopic (exact) mass is 553 g/mol. The van der Waals surface area contributed by atoms with E-state index in [1.807, 2.05) is 0 Å². The molecular weight excluding hydrogens is 538 g/mol. The van der Waals surface area contributed by atoms with Gasteiger partial charge >= 0.3 is 11.9 Å². The molecular formula is C22H17BrClNO7S. The van der Waals surface area contributed by atoms with Gasteiger partial charge in [0.1, 0.15) is 6.54 Å². The number of esters is 2. The molecule has 2 aromatic rings. The number of thioether (sulfide) groups is 1. The zero-order chi connectivity index (χ0) is 24.1. The molecule has 3 rings (SSSR count). The second-order valence-corrected chi connectivity index (χ2v) is 8.79. The lowest BCUT2D eigenvalue weighted by molar-refractivity contribution is -0.143. The Hall–Kier alpha value is -2.82. The highest BCUT2D eigenvalue weighted by molar-refractivity contribution is 9.10. The van der Waals surface area contributed by atoms with E-state index in [0.29, 0.717) is 26.8 Å². The molecule has 1 saturated heterocycles. The van der Waals surface area contributed by atoms with Crippen LogP contribution in [0.15, 0.2) is 45.8 Å². The third-order valence-electron chi connectivity index (χ3n) is 4.27. The van der Waals surface area contributed by atoms with Crippen LogP contribution in [0.1, 0.15) is 22.8 Å². The number of halogens is 2. The number of hydrogen-bond donors (Lipinski definition) is 0. The molecule has 8 nitrogen and oxygen atoms in total. The summed E-state index contributed by atoms with van der Waals surface area (Å²) >= 11 is 10.0. The second-order valence-electron chi connectivity index (χ2n) is 6.51. The van der Waals surface area contributed by atoms with Gasteiger partial charge in [-0.25, -0.2) is 4.79 Å². The number of carbonyl (C=O) groups is 4. The molecule has 0 unspecified atom stereocenters. The first kappa shape index (κ1) is 24.8. The summed E-state index contributed by atoms with van der Waals surface area (Å²) in [5.41, 5.74) is 0.775. The highest BCUT2D eigenvalue weighted by atomic mass is 79.9. The summed E-state index contributed by atoms with van der Waals surface area (Å²) in [5, 5.41) is -0.183. The summed E-state index contributed by atoms with van der Waals surface area (Å²) in [6.07, 6.45) is 1.48. The summed E-state index contributed by atoms with van der Waals surface area (Å²) in [7, 11) is 1.17. The van der Waals surface area contributed by atoms with Crippen molar-refractivity contribution in [3.05, 3.63) is 61.9 Å². The number of ether oxygens (including phenoxy) is 3. The standard InChI is InChI=1S/C22H17BrClNO7S/c1-3-31-16-8-12(9-17-20(27)25(22(29)33-17)11-18(26)30-2)7-15(23)19(16)32-21(28)13-5-4-6-14(24)10-13/h4-10H,3,11H2,1-2H3/b17-9-. The molecule has 11 heteroatoms. The fourth-order valence-corrected chi connectivity index (χ4v) is 4.35. The van der Waals surface area contributed by atoms with E-state index < -0.39 is 29.6 Å². The van der Waals surface area contributed by atoms with Crippen molar-refractivity contribution in [3.8, 4) is 11.5 Å². The topological polar surface area (TPSA) is 99.2 Å². The maximum absolute atomic E-state index is 12.6. The Kier molecular flexibility index (Phi) is 8.17. The van der Waals surface area contributed by atoms with Gasteiger partial charge in [0.05, 0.1) is 28.7 Å². The smallest absolute Gasteiger partial charge is 0.343 e. The molecule has 0 aliphatic carbocycles. The molecule has 1 fully saturated rings. The van der Waals surface area contributed by atoms with Crippen molar-refractivity contribution in [3.63, 3.8) is 0 Å². The lowest BCUT2D eigenvalue weighted by Gasteiger charge is -2.14. The first-order valence-corrected chi connectivity index (χ1v) is 11.5. The van der Waals surface area contributed by atoms with Crippen molar-refractivity contribution in [2.24, 2.45) is 0 Å². The number of imide groups is 1. The van der Waals surface area contributed by atoms with Crippen molar-refractivity contribution < 1.29 is 33.4 Å². The van der Waals surface area contributed by atoms with Crippen molar-refractivity contribution in [1.82, 2.24) is 4.90 Å². The highest BCUT2D eigenvalue weighted by Crippen LogP contribution is 2.39. The number of hydrogen-bond acceptors (Lipinski definition) is 8. The predicted octanol–water partition coefficient (Wildman–Crippen LogP) is 4.93. The minimum Gasteiger partial charge on any atom is -0.490 e. The predicted molar refractivity (Wildman–Crippen MR) is 126 cm³/mol. The summed E-state index contributed by atoms with van der Waals surface area (Å²) in [6, 6.07) is 9.51. The molecule has 1 aliphatic rings. The van der Waals surface area contributed by atoms with Crippen molar-refractivity contribution in [2.45, 2.75) is 6.92 Å². The van der Waals surface area contributed by atoms with Crippen LogP contribution in [0.3, 0.4) is 0 Å². The Morgan fingerprint density at radius 3 is 2.64 bits per heavy atom. The lowest BCUT2D eigenvalue weighted by atomic mass is 10.1. The van der Waals surface area contributed by atoms with Crippen LogP contribution in [0, 0.1) is 0 Å². The first-order valence-electron chi connectivity index (χ1n) is 9.49. The minimum atomic E-state index is -0.703. The van der Waals surface area contributed by atoms with Crippen molar-refractivity contribution in [2.75, 3.05) is 20.3 Å². The van der Waals surface area contributed by atoms with Crippen molar-refractivity contribution >= 4 is 68.5 Å². The Morgan fingerprint density at radius 1 is 1.21 bits per heavy atom. The van der Waals surface area contributed by atoms with Crippen LogP contribution in [0.5, 0.6) is 11.5 Å². The fourth-order valence-electron chi connectivity index (χ4n) is 2.78. The van der Waals surface area contributed by atoms with Crippen LogP contribution < -0.4 is 9.47 Å². The average molecular weight is 555 g/mol. The molecule has 33 heavy (non-hydrogen) atoms. The van der Waals surface area contributed by atoms with Gasteiger partial charge in [-0.15, -0.1) is 0 Å². The fraction of sp³-hybridized carbons (Fsp3) is 0.182. The summed E-state index contributed by atoms with van der Waals surface area (Å²) in [4.78, 5) is 49.6. The van der Waals surface area contributed by atoms with Gasteiger partial charge in [-0.1, -0.05) is 17.7 Å². The van der Waals surface area contributed by atoms with E-state index in [2.05, 4.69) is 20.7 Å². The van der Waals surface area contributed by atoms with E-state index in [9.17, 15) is 19.2 Å². The molecule has 0 N–H and O–H groups in total. The van der Waals surface area contributed by atoms with E-state index in [-0.39, 0.29) is 28.6 Å². The van der Waals surface area contributed by atoms with E-state index >= 15 is 0 Å². The second kappa shape index (κ2) is 10.9. The van der Waals surface area contributed by atoms with E-state index in [4.69, 9.17) is 21.1 Å². The number of nitrogens with zero attached hydrogens (tertiary/aromatic N) is 1. The number of amides is 2. The zero-order valence-electron chi connectivity index (χ0n) is 17.4. The molecule has 0 bridgehead atoms. The maximum Gasteiger partial charge on any atom is 0.343 e. The van der Waals surface area contributed by atoms with Gasteiger partial charge in [0.25, 0.3) is 11.1 Å². The van der Waals surface area contributed by atoms with Crippen molar-refractivity contribution in [1.29, 1.82) is 0 Å². The quantitative estimate of drug-likeness (QED) is 0.270. The summed E-state index contributed by atoms with van der Waals surface area (Å²) in [6.45, 7) is 1.58. The van der Waals surface area contributed by atoms with Gasteiger partial charge in [-0.3, -0.25) is 19.3 Å². The molecule has 1 aliphatic heterocycles. The molecule has 0 spiro atoms. The number of methoxy groups -OCH3 is 1. The van der Waals surface area contributed by atoms with Crippen LogP contribution in [-0.4, -0.2) is 48.2 Å². The van der Waals surface area contributed by atoms with Gasteiger partial charge in [-0.05, 0) is 76.6 Å². The molecule has 172 valence electrons. The SMILES string of the molecule is CCOc1cc(/C=C2\SC(=O)N(CC(=O)OC)C2=O)cc(Br)c1OC(=O)c1cccc(Cl)c1. The summed E-state index contributed by atoms with van der Waals surface area (Å²) < 4.78 is 16.1. The summed E-state index contributed by atoms with van der Waals surface area (Å²) in [5.74, 6) is -1.54. The van der Waals surface area contributed by atoms with Crippen LogP contribution >= 0.6 is 39.3 Å². The van der Waals surface area contributed by atoms with E-state index in [1.165, 1.54) is 19.3 Å². The zero-order valence-corrected chi connectivity index (χ0v) is 20.6. The van der Waals surface area contributed by atoms with Crippen LogP contribution in [0.25, 0.3) is 6.08 Å². The molecule has 0 atom stereocenters. The Bertz CT molecular complexity index is 1170. The number of carbonyl (C=O) groups excluding carboxylic acids is 4. The van der Waals surface area contributed by atoms with E-state index in [0.717, 1.165) is 4.90 Å². The van der Waals surface area contributed by atoms with Gasteiger partial charge in [0.15, 0.2) is 11.5 Å². The minimum absolute atomic E-state index is 0.127. The first-order chi connectivity index (χ1) is 15.7. The third-order valence-corrected chi connectivity index (χ3v) is 6.00.